The second kappa shape index (κ2) is 4.26. The Kier molecular flexibility index (Phi) is 2.97. The maximum absolute atomic E-state index is 13.7. The molecule has 0 bridgehead atoms. The monoisotopic (exact) mass is 288 g/mol. The van der Waals surface area contributed by atoms with Gasteiger partial charge in [0.15, 0.2) is 0 Å². The van der Waals surface area contributed by atoms with E-state index in [1.54, 1.807) is 0 Å². The Morgan fingerprint density at radius 3 is 2.75 bits per heavy atom. The molecule has 84 valence electrons. The molecule has 1 heterocycles. The molecule has 0 amide bonds. The van der Waals surface area contributed by atoms with Gasteiger partial charge in [0.25, 0.3) is 0 Å². The van der Waals surface area contributed by atoms with Crippen LogP contribution >= 0.6 is 15.9 Å². The molecule has 4 nitrogen and oxygen atoms in total. The number of benzene rings is 1. The van der Waals surface area contributed by atoms with E-state index >= 15 is 0 Å². The Balaban J connectivity index is 2.52. The number of aromatic nitrogens is 3. The van der Waals surface area contributed by atoms with Crippen LogP contribution in [0.1, 0.15) is 17.3 Å². The Hall–Kier alpha value is -1.34. The quantitative estimate of drug-likeness (QED) is 0.830. The van der Waals surface area contributed by atoms with E-state index in [0.717, 1.165) is 6.07 Å². The number of halogens is 3. The Morgan fingerprint density at radius 1 is 1.38 bits per heavy atom. The van der Waals surface area contributed by atoms with E-state index in [9.17, 15) is 8.78 Å². The second-order valence-corrected chi connectivity index (χ2v) is 3.98. The summed E-state index contributed by atoms with van der Waals surface area (Å²) in [6, 6.07) is 1.43. The van der Waals surface area contributed by atoms with Gasteiger partial charge < -0.3 is 5.73 Å². The van der Waals surface area contributed by atoms with Crippen molar-refractivity contribution in [2.24, 2.45) is 5.73 Å². The van der Waals surface area contributed by atoms with Gasteiger partial charge in [-0.1, -0.05) is 0 Å². The molecule has 3 N–H and O–H groups in total. The zero-order valence-corrected chi connectivity index (χ0v) is 9.50. The maximum Gasteiger partial charge on any atom is 0.145 e. The number of nitrogens with one attached hydrogen (secondary N) is 1. The van der Waals surface area contributed by atoms with Crippen molar-refractivity contribution in [1.82, 2.24) is 15.4 Å². The largest absolute Gasteiger partial charge is 0.319 e. The van der Waals surface area contributed by atoms with E-state index in [-0.39, 0.29) is 15.7 Å². The molecule has 0 aliphatic heterocycles. The number of aromatic amines is 1. The van der Waals surface area contributed by atoms with Gasteiger partial charge in [0.05, 0.1) is 16.7 Å². The van der Waals surface area contributed by atoms with Crippen molar-refractivity contribution >= 4 is 15.9 Å². The Bertz CT molecular complexity index is 500. The lowest BCUT2D eigenvalue weighted by Crippen LogP contribution is -2.16. The average Bonchev–Trinajstić information content (AvgIpc) is 2.77. The standard InChI is InChI=1S/C9H7BrF2N4/c10-4-1-2-5(11)7(8(4)12)9(13)6-3-14-16-15-6/h1-3,9H,13H2,(H,14,15,16). The molecule has 2 aromatic rings. The van der Waals surface area contributed by atoms with Crippen LogP contribution in [0.2, 0.25) is 0 Å². The molecule has 0 spiro atoms. The summed E-state index contributed by atoms with van der Waals surface area (Å²) in [5, 5.41) is 9.57. The maximum atomic E-state index is 13.7. The SMILES string of the molecule is NC(c1cn[nH]n1)c1c(F)ccc(Br)c1F. The van der Waals surface area contributed by atoms with Crippen LogP contribution in [-0.4, -0.2) is 15.4 Å². The normalized spacial score (nSPS) is 12.8. The van der Waals surface area contributed by atoms with E-state index in [1.165, 1.54) is 12.3 Å². The lowest BCUT2D eigenvalue weighted by molar-refractivity contribution is 0.536. The molecule has 0 aliphatic rings. The average molecular weight is 289 g/mol. The third-order valence-electron chi connectivity index (χ3n) is 2.14. The smallest absolute Gasteiger partial charge is 0.145 e. The van der Waals surface area contributed by atoms with Crippen LogP contribution in [0.25, 0.3) is 0 Å². The summed E-state index contributed by atoms with van der Waals surface area (Å²) in [6.45, 7) is 0. The highest BCUT2D eigenvalue weighted by molar-refractivity contribution is 9.10. The van der Waals surface area contributed by atoms with Crippen molar-refractivity contribution in [3.05, 3.63) is 45.7 Å². The number of hydrogen-bond acceptors (Lipinski definition) is 3. The minimum atomic E-state index is -0.990. The molecule has 1 aromatic carbocycles. The van der Waals surface area contributed by atoms with Crippen LogP contribution in [0.4, 0.5) is 8.78 Å². The van der Waals surface area contributed by atoms with Crippen LogP contribution in [0.5, 0.6) is 0 Å². The van der Waals surface area contributed by atoms with Crippen molar-refractivity contribution in [3.8, 4) is 0 Å². The minimum absolute atomic E-state index is 0.155. The predicted octanol–water partition coefficient (Wildman–Crippen LogP) is 1.89. The molecule has 0 aliphatic carbocycles. The van der Waals surface area contributed by atoms with Crippen molar-refractivity contribution in [1.29, 1.82) is 0 Å². The van der Waals surface area contributed by atoms with E-state index in [1.807, 2.05) is 0 Å². The minimum Gasteiger partial charge on any atom is -0.319 e. The van der Waals surface area contributed by atoms with E-state index < -0.39 is 17.7 Å². The molecule has 0 saturated carbocycles. The number of H-pyrrole nitrogens is 1. The third kappa shape index (κ3) is 1.83. The summed E-state index contributed by atoms with van der Waals surface area (Å²) < 4.78 is 27.3. The van der Waals surface area contributed by atoms with E-state index in [2.05, 4.69) is 31.3 Å². The lowest BCUT2D eigenvalue weighted by Gasteiger charge is -2.11. The predicted molar refractivity (Wildman–Crippen MR) is 56.5 cm³/mol. The fraction of sp³-hybridized carbons (Fsp3) is 0.111. The van der Waals surface area contributed by atoms with Crippen molar-refractivity contribution in [2.45, 2.75) is 6.04 Å². The topological polar surface area (TPSA) is 67.6 Å². The lowest BCUT2D eigenvalue weighted by atomic mass is 10.0. The molecule has 0 fully saturated rings. The molecule has 2 rings (SSSR count). The van der Waals surface area contributed by atoms with Gasteiger partial charge in [0.2, 0.25) is 0 Å². The summed E-state index contributed by atoms with van der Waals surface area (Å²) in [5.74, 6) is -1.44. The first-order valence-electron chi connectivity index (χ1n) is 4.36. The van der Waals surface area contributed by atoms with Gasteiger partial charge in [-0.2, -0.15) is 15.4 Å². The molecule has 0 saturated heterocycles. The van der Waals surface area contributed by atoms with Crippen LogP contribution in [0.3, 0.4) is 0 Å². The number of nitrogens with two attached hydrogens (primary N) is 1. The highest BCUT2D eigenvalue weighted by Gasteiger charge is 2.22. The summed E-state index contributed by atoms with van der Waals surface area (Å²) in [4.78, 5) is 0. The summed E-state index contributed by atoms with van der Waals surface area (Å²) in [6.07, 6.45) is 1.32. The zero-order valence-electron chi connectivity index (χ0n) is 7.92. The van der Waals surface area contributed by atoms with Crippen LogP contribution in [0, 0.1) is 11.6 Å². The highest BCUT2D eigenvalue weighted by atomic mass is 79.9. The molecule has 1 atom stereocenters. The van der Waals surface area contributed by atoms with Crippen LogP contribution in [-0.2, 0) is 0 Å². The van der Waals surface area contributed by atoms with Crippen LogP contribution < -0.4 is 5.73 Å². The first-order chi connectivity index (χ1) is 7.61. The molecule has 1 unspecified atom stereocenters. The van der Waals surface area contributed by atoms with Crippen molar-refractivity contribution in [2.75, 3.05) is 0 Å². The third-order valence-corrected chi connectivity index (χ3v) is 2.76. The number of hydrogen-bond donors (Lipinski definition) is 2. The Labute approximate surface area is 98.0 Å². The van der Waals surface area contributed by atoms with Gasteiger partial charge in [-0.3, -0.25) is 0 Å². The molecule has 0 radical (unpaired) electrons. The van der Waals surface area contributed by atoms with Gasteiger partial charge in [-0.15, -0.1) is 0 Å². The second-order valence-electron chi connectivity index (χ2n) is 3.13. The molecular formula is C9H7BrF2N4. The van der Waals surface area contributed by atoms with Crippen molar-refractivity contribution in [3.63, 3.8) is 0 Å². The fourth-order valence-corrected chi connectivity index (χ4v) is 1.68. The summed E-state index contributed by atoms with van der Waals surface area (Å²) in [5.41, 5.74) is 5.75. The van der Waals surface area contributed by atoms with Crippen LogP contribution in [0.15, 0.2) is 22.8 Å². The molecule has 7 heteroatoms. The fourth-order valence-electron chi connectivity index (χ4n) is 1.34. The van der Waals surface area contributed by atoms with Gasteiger partial charge in [0.1, 0.15) is 17.3 Å². The first kappa shape index (κ1) is 11.2. The van der Waals surface area contributed by atoms with E-state index in [4.69, 9.17) is 5.73 Å². The van der Waals surface area contributed by atoms with Gasteiger partial charge in [-0.05, 0) is 28.1 Å². The number of nitrogens with zero attached hydrogens (tertiary/aromatic N) is 2. The van der Waals surface area contributed by atoms with Gasteiger partial charge in [0, 0.05) is 5.56 Å². The zero-order chi connectivity index (χ0) is 11.7. The first-order valence-corrected chi connectivity index (χ1v) is 5.15. The summed E-state index contributed by atoms with van der Waals surface area (Å²) in [7, 11) is 0. The number of rotatable bonds is 2. The van der Waals surface area contributed by atoms with Crippen molar-refractivity contribution < 1.29 is 8.78 Å². The molecule has 16 heavy (non-hydrogen) atoms. The Morgan fingerprint density at radius 2 is 2.12 bits per heavy atom. The summed E-state index contributed by atoms with van der Waals surface area (Å²) >= 11 is 2.97. The van der Waals surface area contributed by atoms with E-state index in [0.29, 0.717) is 0 Å². The van der Waals surface area contributed by atoms with Gasteiger partial charge in [-0.25, -0.2) is 8.78 Å². The van der Waals surface area contributed by atoms with Gasteiger partial charge >= 0.3 is 0 Å². The molecular weight excluding hydrogens is 282 g/mol. The molecule has 1 aromatic heterocycles. The highest BCUT2D eigenvalue weighted by Crippen LogP contribution is 2.28.